The topological polar surface area (TPSA) is 62.1 Å². The molecule has 0 N–H and O–H groups in total. The van der Waals surface area contributed by atoms with Crippen LogP contribution in [0, 0.1) is 5.92 Å². The zero-order chi connectivity index (χ0) is 26.9. The lowest BCUT2D eigenvalue weighted by Crippen LogP contribution is -2.18. The molecule has 5 rings (SSSR count). The minimum Gasteiger partial charge on any atom is -0.489 e. The van der Waals surface area contributed by atoms with Gasteiger partial charge in [0.15, 0.2) is 16.5 Å². The molecule has 0 unspecified atom stereocenters. The summed E-state index contributed by atoms with van der Waals surface area (Å²) in [6, 6.07) is 9.43. The zero-order valence-corrected chi connectivity index (χ0v) is 20.3. The van der Waals surface area contributed by atoms with E-state index in [1.54, 1.807) is 23.7 Å². The smallest absolute Gasteiger partial charge is 0.489 e. The van der Waals surface area contributed by atoms with Crippen LogP contribution in [0.1, 0.15) is 24.1 Å². The number of rotatable bonds is 9. The van der Waals surface area contributed by atoms with Crippen LogP contribution in [0.4, 0.5) is 22.0 Å². The van der Waals surface area contributed by atoms with Crippen molar-refractivity contribution >= 4 is 28.4 Å². The molecule has 4 aromatic rings. The van der Waals surface area contributed by atoms with Crippen molar-refractivity contribution in [3.8, 4) is 28.4 Å². The molecule has 0 saturated heterocycles. The van der Waals surface area contributed by atoms with Gasteiger partial charge in [0.25, 0.3) is 5.56 Å². The van der Waals surface area contributed by atoms with Crippen LogP contribution in [-0.4, -0.2) is 29.0 Å². The van der Waals surface area contributed by atoms with Gasteiger partial charge in [0.05, 0.1) is 17.9 Å². The Morgan fingerprint density at radius 2 is 1.87 bits per heavy atom. The fourth-order valence-corrected chi connectivity index (χ4v) is 4.49. The summed E-state index contributed by atoms with van der Waals surface area (Å²) in [5, 5.41) is 1.68. The average Bonchev–Trinajstić information content (AvgIpc) is 3.56. The van der Waals surface area contributed by atoms with E-state index in [2.05, 4.69) is 14.5 Å². The number of hydrogen-bond donors (Lipinski definition) is 0. The van der Waals surface area contributed by atoms with E-state index < -0.39 is 24.3 Å². The molecule has 1 aliphatic rings. The molecule has 2 heterocycles. The second-order valence-electron chi connectivity index (χ2n) is 8.45. The molecule has 12 heteroatoms. The number of ether oxygens (including phenoxy) is 3. The molecule has 6 nitrogen and oxygen atoms in total. The Morgan fingerprint density at radius 1 is 1.11 bits per heavy atom. The predicted octanol–water partition coefficient (Wildman–Crippen LogP) is 6.88. The van der Waals surface area contributed by atoms with Gasteiger partial charge < -0.3 is 14.2 Å². The van der Waals surface area contributed by atoms with Gasteiger partial charge in [0.2, 0.25) is 0 Å². The first kappa shape index (κ1) is 25.7. The lowest BCUT2D eigenvalue weighted by Gasteiger charge is -2.14. The number of para-hydroxylation sites is 1. The summed E-state index contributed by atoms with van der Waals surface area (Å²) in [4.78, 5) is 18.3. The Balaban J connectivity index is 1.56. The Hall–Kier alpha value is -3.93. The monoisotopic (exact) mass is 550 g/mol. The highest BCUT2D eigenvalue weighted by Crippen LogP contribution is 2.37. The van der Waals surface area contributed by atoms with E-state index in [9.17, 15) is 26.7 Å². The van der Waals surface area contributed by atoms with E-state index in [0.29, 0.717) is 28.6 Å². The van der Waals surface area contributed by atoms with E-state index in [1.165, 1.54) is 46.1 Å². The second-order valence-corrected chi connectivity index (χ2v) is 9.32. The first-order chi connectivity index (χ1) is 18.2. The van der Waals surface area contributed by atoms with Crippen LogP contribution < -0.4 is 19.8 Å². The van der Waals surface area contributed by atoms with Crippen molar-refractivity contribution in [3.63, 3.8) is 0 Å². The first-order valence-electron chi connectivity index (χ1n) is 11.4. The fraction of sp³-hybridized carbons (Fsp3) is 0.231. The van der Waals surface area contributed by atoms with Gasteiger partial charge in [-0.05, 0) is 54.7 Å². The van der Waals surface area contributed by atoms with Gasteiger partial charge >= 0.3 is 13.0 Å². The van der Waals surface area contributed by atoms with Gasteiger partial charge in [-0.3, -0.25) is 9.20 Å². The van der Waals surface area contributed by atoms with Crippen LogP contribution in [0.2, 0.25) is 0 Å². The van der Waals surface area contributed by atoms with Crippen LogP contribution >= 0.6 is 11.3 Å². The Kier molecular flexibility index (Phi) is 7.06. The molecule has 0 spiro atoms. The molecule has 0 aliphatic heterocycles. The van der Waals surface area contributed by atoms with Crippen LogP contribution in [-0.2, 0) is 0 Å². The summed E-state index contributed by atoms with van der Waals surface area (Å²) in [7, 11) is 0. The zero-order valence-electron chi connectivity index (χ0n) is 19.5. The molecule has 0 atom stereocenters. The van der Waals surface area contributed by atoms with E-state index in [0.717, 1.165) is 25.0 Å². The molecule has 2 aromatic carbocycles. The van der Waals surface area contributed by atoms with Crippen molar-refractivity contribution in [3.05, 3.63) is 75.7 Å². The number of hydrogen-bond acceptors (Lipinski definition) is 6. The Morgan fingerprint density at radius 3 is 2.55 bits per heavy atom. The van der Waals surface area contributed by atoms with Crippen molar-refractivity contribution in [1.29, 1.82) is 0 Å². The molecular formula is C26H19F5N2O4S. The highest BCUT2D eigenvalue weighted by Gasteiger charge is 2.31. The van der Waals surface area contributed by atoms with Crippen molar-refractivity contribution in [2.75, 3.05) is 6.61 Å². The quantitative estimate of drug-likeness (QED) is 0.213. The van der Waals surface area contributed by atoms with Crippen molar-refractivity contribution in [2.45, 2.75) is 25.8 Å². The maximum absolute atomic E-state index is 13.3. The van der Waals surface area contributed by atoms with Gasteiger partial charge in [0.1, 0.15) is 5.75 Å². The van der Waals surface area contributed by atoms with Crippen molar-refractivity contribution < 1.29 is 36.2 Å². The summed E-state index contributed by atoms with van der Waals surface area (Å²) in [5.74, 6) is -0.0633. The largest absolute Gasteiger partial charge is 0.573 e. The van der Waals surface area contributed by atoms with Crippen molar-refractivity contribution in [1.82, 2.24) is 9.38 Å². The molecule has 1 saturated carbocycles. The second kappa shape index (κ2) is 10.4. The van der Waals surface area contributed by atoms with Crippen LogP contribution in [0.3, 0.4) is 0 Å². The van der Waals surface area contributed by atoms with Crippen LogP contribution in [0.5, 0.6) is 17.2 Å². The Labute approximate surface area is 216 Å². The molecule has 2 aromatic heterocycles. The molecular weight excluding hydrogens is 531 g/mol. The highest BCUT2D eigenvalue weighted by atomic mass is 32.1. The summed E-state index contributed by atoms with van der Waals surface area (Å²) in [6.07, 6.45) is 1.78. The number of benzene rings is 2. The standard InChI is InChI=1S/C26H19F5N2O4S/c27-24(28)36-20-3-1-2-17(22(20)35-14-15-4-5-15)8-11-19-21(23(34)33-12-13-38-25(33)32-19)16-6-9-18(10-7-16)37-26(29,30)31/h1-3,6-13,15,24H,4-5,14H2/b11-8+. The highest BCUT2D eigenvalue weighted by molar-refractivity contribution is 7.15. The lowest BCUT2D eigenvalue weighted by molar-refractivity contribution is -0.274. The third-order valence-corrected chi connectivity index (χ3v) is 6.43. The van der Waals surface area contributed by atoms with E-state index >= 15 is 0 Å². The van der Waals surface area contributed by atoms with Gasteiger partial charge in [0, 0.05) is 17.1 Å². The normalized spacial score (nSPS) is 13.9. The molecule has 38 heavy (non-hydrogen) atoms. The number of halogens is 5. The van der Waals surface area contributed by atoms with Crippen LogP contribution in [0.15, 0.2) is 58.8 Å². The maximum atomic E-state index is 13.3. The van der Waals surface area contributed by atoms with Crippen molar-refractivity contribution in [2.24, 2.45) is 5.92 Å². The summed E-state index contributed by atoms with van der Waals surface area (Å²) < 4.78 is 79.5. The third kappa shape index (κ3) is 5.96. The molecule has 1 aliphatic carbocycles. The minimum absolute atomic E-state index is 0.120. The summed E-state index contributed by atoms with van der Waals surface area (Å²) in [6.45, 7) is -2.70. The Bertz CT molecular complexity index is 1530. The molecule has 198 valence electrons. The molecule has 1 fully saturated rings. The van der Waals surface area contributed by atoms with Gasteiger partial charge in [-0.15, -0.1) is 24.5 Å². The average molecular weight is 551 g/mol. The number of nitrogens with zero attached hydrogens (tertiary/aromatic N) is 2. The van der Waals surface area contributed by atoms with Gasteiger partial charge in [-0.2, -0.15) is 8.78 Å². The van der Waals surface area contributed by atoms with E-state index in [-0.39, 0.29) is 22.8 Å². The number of fused-ring (bicyclic) bond motifs is 1. The maximum Gasteiger partial charge on any atom is 0.573 e. The third-order valence-electron chi connectivity index (χ3n) is 5.68. The summed E-state index contributed by atoms with van der Waals surface area (Å²) in [5.41, 5.74) is 0.681. The van der Waals surface area contributed by atoms with E-state index in [1.807, 2.05) is 0 Å². The minimum atomic E-state index is -4.85. The number of aromatic nitrogens is 2. The lowest BCUT2D eigenvalue weighted by atomic mass is 10.0. The van der Waals surface area contributed by atoms with Gasteiger partial charge in [-0.25, -0.2) is 4.98 Å². The molecule has 0 bridgehead atoms. The number of thiazole rings is 1. The fourth-order valence-electron chi connectivity index (χ4n) is 3.77. The first-order valence-corrected chi connectivity index (χ1v) is 12.3. The molecule has 0 amide bonds. The predicted molar refractivity (Wildman–Crippen MR) is 132 cm³/mol. The van der Waals surface area contributed by atoms with Gasteiger partial charge in [-0.1, -0.05) is 24.3 Å². The van der Waals surface area contributed by atoms with Crippen LogP contribution in [0.25, 0.3) is 28.2 Å². The SMILES string of the molecule is O=c1c(-c2ccc(OC(F)(F)F)cc2)c(/C=C/c2cccc(OC(F)F)c2OCC2CC2)nc2sccn12. The van der Waals surface area contributed by atoms with E-state index in [4.69, 9.17) is 4.74 Å². The summed E-state index contributed by atoms with van der Waals surface area (Å²) >= 11 is 1.23. The number of alkyl halides is 5. The molecule has 0 radical (unpaired) electrons.